The van der Waals surface area contributed by atoms with Gasteiger partial charge in [0.25, 0.3) is 0 Å². The molecular formula is C22H22Cl3N7O. The Bertz CT molecular complexity index is 1130. The number of rotatable bonds is 5. The van der Waals surface area contributed by atoms with Gasteiger partial charge in [0.05, 0.1) is 15.7 Å². The van der Waals surface area contributed by atoms with Gasteiger partial charge in [0.15, 0.2) is 0 Å². The van der Waals surface area contributed by atoms with Gasteiger partial charge in [-0.05, 0) is 37.4 Å². The fourth-order valence-electron chi connectivity index (χ4n) is 3.41. The Morgan fingerprint density at radius 1 is 0.909 bits per heavy atom. The minimum Gasteiger partial charge on any atom is -0.369 e. The highest BCUT2D eigenvalue weighted by atomic mass is 35.5. The summed E-state index contributed by atoms with van der Waals surface area (Å²) in [7, 11) is 2.13. The van der Waals surface area contributed by atoms with Crippen molar-refractivity contribution in [1.82, 2.24) is 14.9 Å². The van der Waals surface area contributed by atoms with Gasteiger partial charge in [-0.2, -0.15) is 0 Å². The van der Waals surface area contributed by atoms with Crippen LogP contribution in [0.5, 0.6) is 0 Å². The number of urea groups is 1. The number of aromatic nitrogens is 2. The monoisotopic (exact) mass is 505 g/mol. The van der Waals surface area contributed by atoms with E-state index in [1.54, 1.807) is 6.07 Å². The average molecular weight is 507 g/mol. The molecule has 3 aromatic rings. The Balaban J connectivity index is 1.41. The van der Waals surface area contributed by atoms with E-state index in [1.807, 2.05) is 12.1 Å². The standard InChI is InChI=1S/C22H22Cl3N7O/c1-31-5-7-32(8-6-31)16-4-2-3-15(11-16)28-19-12-20(27-13-26-19)29-22(33)30-21-17(24)9-14(23)10-18(21)25/h2-4,9-13H,5-8H2,1H3,(H3,26,27,28,29,30,33). The first-order valence-electron chi connectivity index (χ1n) is 10.2. The molecule has 0 radical (unpaired) electrons. The van der Waals surface area contributed by atoms with Gasteiger partial charge in [-0.3, -0.25) is 5.32 Å². The molecule has 1 aromatic heterocycles. The van der Waals surface area contributed by atoms with E-state index in [0.29, 0.717) is 16.7 Å². The van der Waals surface area contributed by atoms with Crippen molar-refractivity contribution in [2.75, 3.05) is 54.1 Å². The Morgan fingerprint density at radius 3 is 2.33 bits per heavy atom. The van der Waals surface area contributed by atoms with Gasteiger partial charge in [-0.1, -0.05) is 40.9 Å². The SMILES string of the molecule is CN1CCN(c2cccc(Nc3cc(NC(=O)Nc4c(Cl)cc(Cl)cc4Cl)ncn3)c2)CC1. The number of hydrogen-bond donors (Lipinski definition) is 3. The molecule has 3 N–H and O–H groups in total. The fourth-order valence-corrected chi connectivity index (χ4v) is 4.32. The molecule has 1 aliphatic rings. The van der Waals surface area contributed by atoms with Crippen LogP contribution in [-0.4, -0.2) is 54.1 Å². The number of hydrogen-bond acceptors (Lipinski definition) is 6. The number of benzene rings is 2. The zero-order valence-corrected chi connectivity index (χ0v) is 20.0. The van der Waals surface area contributed by atoms with E-state index in [9.17, 15) is 4.79 Å². The molecule has 33 heavy (non-hydrogen) atoms. The summed E-state index contributed by atoms with van der Waals surface area (Å²) >= 11 is 18.1. The van der Waals surface area contributed by atoms with Gasteiger partial charge >= 0.3 is 6.03 Å². The summed E-state index contributed by atoms with van der Waals surface area (Å²) in [6.07, 6.45) is 1.37. The Labute approximate surface area is 206 Å². The van der Waals surface area contributed by atoms with E-state index in [2.05, 4.69) is 54.9 Å². The van der Waals surface area contributed by atoms with Gasteiger partial charge in [-0.15, -0.1) is 0 Å². The molecule has 2 heterocycles. The van der Waals surface area contributed by atoms with Crippen LogP contribution in [-0.2, 0) is 0 Å². The lowest BCUT2D eigenvalue weighted by Gasteiger charge is -2.34. The molecule has 8 nitrogen and oxygen atoms in total. The van der Waals surface area contributed by atoms with E-state index >= 15 is 0 Å². The van der Waals surface area contributed by atoms with Gasteiger partial charge in [0.2, 0.25) is 0 Å². The Hall–Kier alpha value is -2.78. The molecule has 0 bridgehead atoms. The molecule has 1 fully saturated rings. The maximum Gasteiger partial charge on any atom is 0.324 e. The molecule has 2 aromatic carbocycles. The van der Waals surface area contributed by atoms with Gasteiger partial charge < -0.3 is 20.4 Å². The number of nitrogens with zero attached hydrogens (tertiary/aromatic N) is 4. The molecule has 172 valence electrons. The molecule has 2 amide bonds. The highest BCUT2D eigenvalue weighted by Gasteiger charge is 2.15. The Morgan fingerprint density at radius 2 is 1.61 bits per heavy atom. The maximum absolute atomic E-state index is 12.4. The van der Waals surface area contributed by atoms with Crippen molar-refractivity contribution in [3.63, 3.8) is 0 Å². The van der Waals surface area contributed by atoms with E-state index in [-0.39, 0.29) is 15.7 Å². The zero-order chi connectivity index (χ0) is 23.4. The first kappa shape index (κ1) is 23.4. The zero-order valence-electron chi connectivity index (χ0n) is 17.8. The quantitative estimate of drug-likeness (QED) is 0.419. The number of amides is 2. The number of carbonyl (C=O) groups is 1. The summed E-state index contributed by atoms with van der Waals surface area (Å²) in [5, 5.41) is 9.35. The van der Waals surface area contributed by atoms with Crippen LogP contribution in [0, 0.1) is 0 Å². The van der Waals surface area contributed by atoms with E-state index < -0.39 is 6.03 Å². The molecule has 0 spiro atoms. The Kier molecular flexibility index (Phi) is 7.39. The minimum absolute atomic E-state index is 0.230. The first-order chi connectivity index (χ1) is 15.9. The van der Waals surface area contributed by atoms with Crippen LogP contribution < -0.4 is 20.9 Å². The number of nitrogens with one attached hydrogen (secondary N) is 3. The summed E-state index contributed by atoms with van der Waals surface area (Å²) in [5.74, 6) is 0.847. The molecule has 0 unspecified atom stereocenters. The predicted octanol–water partition coefficient (Wildman–Crippen LogP) is 5.58. The van der Waals surface area contributed by atoms with Crippen LogP contribution in [0.15, 0.2) is 48.8 Å². The summed E-state index contributed by atoms with van der Waals surface area (Å²) in [6.45, 7) is 4.04. The van der Waals surface area contributed by atoms with Crippen LogP contribution >= 0.6 is 34.8 Å². The molecule has 0 atom stereocenters. The average Bonchev–Trinajstić information content (AvgIpc) is 2.77. The second kappa shape index (κ2) is 10.4. The number of piperazine rings is 1. The van der Waals surface area contributed by atoms with E-state index in [1.165, 1.54) is 18.5 Å². The summed E-state index contributed by atoms with van der Waals surface area (Å²) in [5.41, 5.74) is 2.30. The van der Waals surface area contributed by atoms with Crippen LogP contribution in [0.4, 0.5) is 33.5 Å². The van der Waals surface area contributed by atoms with Crippen LogP contribution in [0.25, 0.3) is 0 Å². The van der Waals surface area contributed by atoms with Gasteiger partial charge in [0.1, 0.15) is 18.0 Å². The normalized spacial score (nSPS) is 14.1. The highest BCUT2D eigenvalue weighted by Crippen LogP contribution is 2.33. The lowest BCUT2D eigenvalue weighted by Crippen LogP contribution is -2.44. The lowest BCUT2D eigenvalue weighted by atomic mass is 10.2. The molecule has 0 aliphatic carbocycles. The summed E-state index contributed by atoms with van der Waals surface area (Å²) in [4.78, 5) is 25.4. The van der Waals surface area contributed by atoms with E-state index in [0.717, 1.165) is 37.6 Å². The molecule has 0 saturated carbocycles. The number of carbonyl (C=O) groups excluding carboxylic acids is 1. The number of likely N-dealkylation sites (N-methyl/N-ethyl adjacent to an activating group) is 1. The van der Waals surface area contributed by atoms with Crippen LogP contribution in [0.2, 0.25) is 15.1 Å². The molecule has 1 saturated heterocycles. The molecule has 11 heteroatoms. The van der Waals surface area contributed by atoms with Gasteiger partial charge in [-0.25, -0.2) is 14.8 Å². The molecule has 4 rings (SSSR count). The summed E-state index contributed by atoms with van der Waals surface area (Å²) < 4.78 is 0. The number of anilines is 5. The van der Waals surface area contributed by atoms with Crippen molar-refractivity contribution >= 4 is 69.5 Å². The smallest absolute Gasteiger partial charge is 0.324 e. The first-order valence-corrected chi connectivity index (χ1v) is 11.4. The van der Waals surface area contributed by atoms with Crippen LogP contribution in [0.1, 0.15) is 0 Å². The largest absolute Gasteiger partial charge is 0.369 e. The second-order valence-electron chi connectivity index (χ2n) is 7.58. The minimum atomic E-state index is -0.553. The highest BCUT2D eigenvalue weighted by molar-refractivity contribution is 6.42. The third kappa shape index (κ3) is 6.17. The fraction of sp³-hybridized carbons (Fsp3) is 0.227. The predicted molar refractivity (Wildman–Crippen MR) is 136 cm³/mol. The third-order valence-electron chi connectivity index (χ3n) is 5.14. The van der Waals surface area contributed by atoms with Crippen molar-refractivity contribution in [3.8, 4) is 0 Å². The summed E-state index contributed by atoms with van der Waals surface area (Å²) in [6, 6.07) is 12.2. The number of halogens is 3. The van der Waals surface area contributed by atoms with Crippen molar-refractivity contribution in [2.45, 2.75) is 0 Å². The van der Waals surface area contributed by atoms with Crippen molar-refractivity contribution < 1.29 is 4.79 Å². The topological polar surface area (TPSA) is 85.4 Å². The third-order valence-corrected chi connectivity index (χ3v) is 5.96. The van der Waals surface area contributed by atoms with Crippen LogP contribution in [0.3, 0.4) is 0 Å². The van der Waals surface area contributed by atoms with Crippen molar-refractivity contribution in [1.29, 1.82) is 0 Å². The molecular weight excluding hydrogens is 485 g/mol. The van der Waals surface area contributed by atoms with Gasteiger partial charge in [0, 0.05) is 48.6 Å². The van der Waals surface area contributed by atoms with Crippen molar-refractivity contribution in [3.05, 3.63) is 63.9 Å². The lowest BCUT2D eigenvalue weighted by molar-refractivity contribution is 0.262. The maximum atomic E-state index is 12.4. The second-order valence-corrected chi connectivity index (χ2v) is 8.83. The molecule has 1 aliphatic heterocycles. The van der Waals surface area contributed by atoms with Crippen molar-refractivity contribution in [2.24, 2.45) is 0 Å². The van der Waals surface area contributed by atoms with E-state index in [4.69, 9.17) is 34.8 Å².